The average molecular weight is 783 g/mol. The predicted molar refractivity (Wildman–Crippen MR) is 203 cm³/mol. The number of alkyl carbamates (subject to hydrolysis) is 1. The number of benzene rings is 1. The van der Waals surface area contributed by atoms with Crippen LogP contribution in [0.5, 0.6) is 0 Å². The molecule has 1 saturated carbocycles. The Hall–Kier alpha value is -5.02. The molecular weight excluding hydrogens is 724 g/mol. The van der Waals surface area contributed by atoms with Crippen LogP contribution in [0.3, 0.4) is 0 Å². The van der Waals surface area contributed by atoms with Gasteiger partial charge < -0.3 is 40.5 Å². The maximum atomic E-state index is 14.3. The molecule has 0 aromatic heterocycles. The number of likely N-dealkylation sites (N-methyl/N-ethyl adjacent to an activating group) is 1. The number of ketones is 1. The molecule has 2 heterocycles. The van der Waals surface area contributed by atoms with Crippen molar-refractivity contribution in [1.29, 1.82) is 0 Å². The molecule has 308 valence electrons. The van der Waals surface area contributed by atoms with Gasteiger partial charge in [-0.1, -0.05) is 69.9 Å². The van der Waals surface area contributed by atoms with E-state index in [9.17, 15) is 38.4 Å². The molecule has 1 aliphatic carbocycles. The topological polar surface area (TPSA) is 210 Å². The largest absolute Gasteiger partial charge is 0.460 e. The minimum atomic E-state index is -1.38. The molecule has 4 rings (SSSR count). The zero-order valence-electron chi connectivity index (χ0n) is 33.8. The Labute approximate surface area is 328 Å². The van der Waals surface area contributed by atoms with Gasteiger partial charge in [0.25, 0.3) is 5.91 Å². The maximum Gasteiger partial charge on any atom is 0.408 e. The second-order valence-corrected chi connectivity index (χ2v) is 16.8. The van der Waals surface area contributed by atoms with E-state index in [1.54, 1.807) is 65.2 Å². The first-order chi connectivity index (χ1) is 26.2. The summed E-state index contributed by atoms with van der Waals surface area (Å²) < 4.78 is 11.0. The van der Waals surface area contributed by atoms with E-state index in [-0.39, 0.29) is 36.6 Å². The van der Waals surface area contributed by atoms with Crippen molar-refractivity contribution < 1.29 is 47.8 Å². The first-order valence-electron chi connectivity index (χ1n) is 19.4. The molecule has 0 bridgehead atoms. The standard InChI is InChI=1S/C40H58N6O10/c1-23-30(44-38(54)56-39(2,3)4)37(53)46-22-25-29(40(25,5)6)32(46)34(50)42-26(19-15-10-9-11-16-20-28(48)55-23)33(49)35(51)41-21-27(47)43-31(36(52)45(7)8)24-17-13-12-14-18-24/h12-14,17-18,23,25-26,29-32H,9-11,15-16,19-22H2,1-8H3,(H,41,51)(H,42,50)(H,43,47)(H,44,54)/t23?,25?,26-,29?,30-,31-,32-/m0/s1. The van der Waals surface area contributed by atoms with Crippen molar-refractivity contribution in [1.82, 2.24) is 31.1 Å². The highest BCUT2D eigenvalue weighted by molar-refractivity contribution is 6.38. The average Bonchev–Trinajstić information content (AvgIpc) is 3.42. The molecule has 16 heteroatoms. The third-order valence-electron chi connectivity index (χ3n) is 10.8. The molecule has 2 saturated heterocycles. The summed E-state index contributed by atoms with van der Waals surface area (Å²) in [6.45, 7) is 10.0. The molecule has 0 spiro atoms. The summed E-state index contributed by atoms with van der Waals surface area (Å²) in [5.41, 5.74) is -0.675. The lowest BCUT2D eigenvalue weighted by Crippen LogP contribution is -2.60. The molecule has 7 atom stereocenters. The van der Waals surface area contributed by atoms with Gasteiger partial charge in [0.05, 0.1) is 12.6 Å². The van der Waals surface area contributed by atoms with Crippen LogP contribution in [0.1, 0.15) is 98.1 Å². The Morgan fingerprint density at radius 3 is 2.29 bits per heavy atom. The van der Waals surface area contributed by atoms with Gasteiger partial charge in [-0.15, -0.1) is 0 Å². The van der Waals surface area contributed by atoms with Gasteiger partial charge in [0.15, 0.2) is 0 Å². The van der Waals surface area contributed by atoms with Crippen molar-refractivity contribution in [3.05, 3.63) is 35.9 Å². The molecule has 6 amide bonds. The molecule has 3 aliphatic rings. The Bertz CT molecular complexity index is 1660. The van der Waals surface area contributed by atoms with Gasteiger partial charge in [-0.25, -0.2) is 4.79 Å². The number of nitrogens with zero attached hydrogens (tertiary/aromatic N) is 2. The second kappa shape index (κ2) is 18.3. The van der Waals surface area contributed by atoms with Crippen molar-refractivity contribution in [3.63, 3.8) is 0 Å². The zero-order valence-corrected chi connectivity index (χ0v) is 33.8. The third-order valence-corrected chi connectivity index (χ3v) is 10.8. The first-order valence-corrected chi connectivity index (χ1v) is 19.4. The number of esters is 1. The minimum Gasteiger partial charge on any atom is -0.460 e. The number of fused-ring (bicyclic) bond motifs is 3. The van der Waals surface area contributed by atoms with Gasteiger partial charge in [-0.05, 0) is 63.4 Å². The first kappa shape index (κ1) is 43.7. The number of rotatable bonds is 8. The molecule has 2 aliphatic heterocycles. The van der Waals surface area contributed by atoms with Gasteiger partial charge in [0.2, 0.25) is 29.4 Å². The Morgan fingerprint density at radius 1 is 1.00 bits per heavy atom. The summed E-state index contributed by atoms with van der Waals surface area (Å²) in [7, 11) is 3.10. The summed E-state index contributed by atoms with van der Waals surface area (Å²) in [6.07, 6.45) is 1.17. The molecule has 4 N–H and O–H groups in total. The van der Waals surface area contributed by atoms with Crippen LogP contribution < -0.4 is 21.3 Å². The molecule has 16 nitrogen and oxygen atoms in total. The fourth-order valence-corrected chi connectivity index (χ4v) is 7.62. The van der Waals surface area contributed by atoms with Crippen LogP contribution in [-0.2, 0) is 43.0 Å². The van der Waals surface area contributed by atoms with E-state index >= 15 is 0 Å². The van der Waals surface area contributed by atoms with E-state index in [0.717, 1.165) is 0 Å². The Balaban J connectivity index is 1.54. The van der Waals surface area contributed by atoms with Gasteiger partial charge in [-0.2, -0.15) is 0 Å². The summed E-state index contributed by atoms with van der Waals surface area (Å²) >= 11 is 0. The van der Waals surface area contributed by atoms with Crippen LogP contribution in [0.15, 0.2) is 30.3 Å². The third kappa shape index (κ3) is 11.1. The molecule has 3 fully saturated rings. The smallest absolute Gasteiger partial charge is 0.408 e. The molecule has 1 aromatic rings. The summed E-state index contributed by atoms with van der Waals surface area (Å²) in [5.74, 6) is -5.34. The van der Waals surface area contributed by atoms with E-state index in [1.165, 1.54) is 16.7 Å². The van der Waals surface area contributed by atoms with E-state index in [0.29, 0.717) is 37.7 Å². The highest BCUT2D eigenvalue weighted by atomic mass is 16.6. The fourth-order valence-electron chi connectivity index (χ4n) is 7.62. The quantitative estimate of drug-likeness (QED) is 0.223. The minimum absolute atomic E-state index is 0.0668. The highest BCUT2D eigenvalue weighted by Gasteiger charge is 2.70. The van der Waals surface area contributed by atoms with Gasteiger partial charge in [0, 0.05) is 27.1 Å². The van der Waals surface area contributed by atoms with Crippen LogP contribution in [-0.4, -0.2) is 114 Å². The summed E-state index contributed by atoms with van der Waals surface area (Å²) in [4.78, 5) is 110. The molecular formula is C40H58N6O10. The maximum absolute atomic E-state index is 14.3. The number of carbonyl (C=O) groups is 8. The summed E-state index contributed by atoms with van der Waals surface area (Å²) in [6, 6.07) is 3.85. The van der Waals surface area contributed by atoms with Crippen LogP contribution in [0.2, 0.25) is 0 Å². The predicted octanol–water partition coefficient (Wildman–Crippen LogP) is 2.15. The van der Waals surface area contributed by atoms with E-state index in [2.05, 4.69) is 21.3 Å². The molecule has 1 aromatic carbocycles. The molecule has 0 radical (unpaired) electrons. The number of hydrogen-bond acceptors (Lipinski definition) is 10. The molecule has 56 heavy (non-hydrogen) atoms. The Morgan fingerprint density at radius 2 is 1.64 bits per heavy atom. The normalized spacial score (nSPS) is 26.1. The molecule has 3 unspecified atom stereocenters. The van der Waals surface area contributed by atoms with Crippen LogP contribution in [0.25, 0.3) is 0 Å². The van der Waals surface area contributed by atoms with Crippen LogP contribution in [0, 0.1) is 17.3 Å². The fraction of sp³-hybridized carbons (Fsp3) is 0.650. The van der Waals surface area contributed by atoms with Crippen LogP contribution >= 0.6 is 0 Å². The van der Waals surface area contributed by atoms with Crippen molar-refractivity contribution in [3.8, 4) is 0 Å². The lowest BCUT2D eigenvalue weighted by Gasteiger charge is -2.35. The Kier molecular flexibility index (Phi) is 14.3. The van der Waals surface area contributed by atoms with E-state index in [4.69, 9.17) is 9.47 Å². The number of amides is 6. The van der Waals surface area contributed by atoms with Gasteiger partial charge in [0.1, 0.15) is 29.8 Å². The lowest BCUT2D eigenvalue weighted by atomic mass is 9.97. The number of ether oxygens (including phenoxy) is 2. The zero-order chi connectivity index (χ0) is 41.5. The summed E-state index contributed by atoms with van der Waals surface area (Å²) in [5, 5.41) is 10.3. The second-order valence-electron chi connectivity index (χ2n) is 16.8. The van der Waals surface area contributed by atoms with Gasteiger partial charge in [-0.3, -0.25) is 33.6 Å². The SMILES string of the molecule is CC1OC(=O)CCCCCCC[C@@H](C(=O)C(=O)NCC(=O)N[C@H](C(=O)N(C)C)c2ccccc2)NC(=O)[C@@H]2C3C(CN2C(=O)[C@H]1NC(=O)OC(C)(C)C)C3(C)C. The van der Waals surface area contributed by atoms with Crippen LogP contribution in [0.4, 0.5) is 4.79 Å². The number of piperidine rings is 1. The number of nitrogens with one attached hydrogen (secondary N) is 4. The van der Waals surface area contributed by atoms with E-state index in [1.807, 2.05) is 13.8 Å². The van der Waals surface area contributed by atoms with E-state index < -0.39 is 89.8 Å². The monoisotopic (exact) mass is 782 g/mol. The lowest BCUT2D eigenvalue weighted by molar-refractivity contribution is -0.155. The van der Waals surface area contributed by atoms with Crippen molar-refractivity contribution >= 4 is 47.4 Å². The number of carbonyl (C=O) groups excluding carboxylic acids is 8. The number of Topliss-reactive ketones (excluding diaryl/α,β-unsaturated/α-hetero) is 1. The van der Waals surface area contributed by atoms with Crippen molar-refractivity contribution in [2.45, 2.75) is 122 Å². The number of cyclic esters (lactones) is 1. The van der Waals surface area contributed by atoms with Gasteiger partial charge >= 0.3 is 12.1 Å². The van der Waals surface area contributed by atoms with Crippen molar-refractivity contribution in [2.75, 3.05) is 27.2 Å². The van der Waals surface area contributed by atoms with Crippen molar-refractivity contribution in [2.24, 2.45) is 17.3 Å². The number of hydrogen-bond donors (Lipinski definition) is 4. The highest BCUT2D eigenvalue weighted by Crippen LogP contribution is 2.65.